The van der Waals surface area contributed by atoms with Gasteiger partial charge in [0.25, 0.3) is 0 Å². The first-order chi connectivity index (χ1) is 29.8. The van der Waals surface area contributed by atoms with Crippen LogP contribution in [0.3, 0.4) is 0 Å². The summed E-state index contributed by atoms with van der Waals surface area (Å²) in [5, 5.41) is 4.78. The quantitative estimate of drug-likeness (QED) is 0.129. The molecular weight excluding hydrogens is 731 g/mol. The maximum Gasteiger partial charge on any atom is 0.136 e. The summed E-state index contributed by atoms with van der Waals surface area (Å²) in [5.74, 6) is 0. The second kappa shape index (κ2) is 15.0. The van der Waals surface area contributed by atoms with Crippen molar-refractivity contribution in [3.05, 3.63) is 237 Å². The lowest BCUT2D eigenvalue weighted by molar-refractivity contribution is 0.669. The van der Waals surface area contributed by atoms with E-state index in [0.29, 0.717) is 0 Å². The Morgan fingerprint density at radius 3 is 1.03 bits per heavy atom. The van der Waals surface area contributed by atoms with E-state index in [1.54, 1.807) is 0 Å². The Morgan fingerprint density at radius 1 is 0.250 bits per heavy atom. The van der Waals surface area contributed by atoms with Gasteiger partial charge >= 0.3 is 0 Å². The van der Waals surface area contributed by atoms with Gasteiger partial charge < -0.3 is 19.1 Å². The number of anilines is 9. The normalized spacial score (nSPS) is 11.3. The van der Waals surface area contributed by atoms with Crippen molar-refractivity contribution in [2.45, 2.75) is 0 Å². The van der Waals surface area contributed by atoms with Crippen molar-refractivity contribution in [2.24, 2.45) is 0 Å². The molecule has 0 aliphatic heterocycles. The first-order valence-electron chi connectivity index (χ1n) is 20.3. The number of hydrogen-bond donors (Lipinski definition) is 0. The third kappa shape index (κ3) is 6.28. The summed E-state index contributed by atoms with van der Waals surface area (Å²) in [5.41, 5.74) is 13.9. The molecule has 0 fully saturated rings. The van der Waals surface area contributed by atoms with Crippen molar-refractivity contribution in [1.29, 1.82) is 0 Å². The monoisotopic (exact) mass is 769 g/mol. The topological polar surface area (TPSA) is 22.9 Å². The molecule has 4 nitrogen and oxygen atoms in total. The molecule has 4 heteroatoms. The minimum Gasteiger partial charge on any atom is -0.456 e. The summed E-state index contributed by atoms with van der Waals surface area (Å²) >= 11 is 0. The second-order valence-corrected chi connectivity index (χ2v) is 15.0. The predicted molar refractivity (Wildman–Crippen MR) is 252 cm³/mol. The van der Waals surface area contributed by atoms with E-state index in [4.69, 9.17) is 4.42 Å². The van der Waals surface area contributed by atoms with Crippen LogP contribution in [0.25, 0.3) is 43.8 Å². The Bertz CT molecular complexity index is 2960. The van der Waals surface area contributed by atoms with E-state index < -0.39 is 0 Å². The average molecular weight is 770 g/mol. The summed E-state index contributed by atoms with van der Waals surface area (Å²) in [7, 11) is 0. The molecule has 11 rings (SSSR count). The van der Waals surface area contributed by atoms with Crippen LogP contribution in [0.5, 0.6) is 0 Å². The molecule has 0 saturated carbocycles. The molecule has 0 aliphatic rings. The Kier molecular flexibility index (Phi) is 8.79. The van der Waals surface area contributed by atoms with E-state index in [-0.39, 0.29) is 0 Å². The molecule has 1 heterocycles. The summed E-state index contributed by atoms with van der Waals surface area (Å²) in [4.78, 5) is 6.93. The fourth-order valence-corrected chi connectivity index (χ4v) is 8.64. The van der Waals surface area contributed by atoms with Crippen molar-refractivity contribution >= 4 is 83.9 Å². The lowest BCUT2D eigenvalue weighted by atomic mass is 9.94. The highest BCUT2D eigenvalue weighted by molar-refractivity contribution is 6.24. The zero-order valence-corrected chi connectivity index (χ0v) is 32.8. The fraction of sp³-hybridized carbons (Fsp3) is 0. The minimum absolute atomic E-state index is 0.923. The van der Waals surface area contributed by atoms with Gasteiger partial charge in [-0.2, -0.15) is 0 Å². The molecule has 10 aromatic carbocycles. The largest absolute Gasteiger partial charge is 0.456 e. The molecule has 0 amide bonds. The van der Waals surface area contributed by atoms with E-state index in [1.807, 2.05) is 0 Å². The Hall–Kier alpha value is -8.08. The van der Waals surface area contributed by atoms with Crippen LogP contribution in [-0.2, 0) is 0 Å². The maximum absolute atomic E-state index is 6.29. The van der Waals surface area contributed by atoms with Crippen LogP contribution in [0.15, 0.2) is 241 Å². The lowest BCUT2D eigenvalue weighted by Gasteiger charge is -2.29. The minimum atomic E-state index is 0.923. The van der Waals surface area contributed by atoms with E-state index in [9.17, 15) is 0 Å². The first kappa shape index (κ1) is 35.1. The van der Waals surface area contributed by atoms with Crippen molar-refractivity contribution in [3.63, 3.8) is 0 Å². The molecule has 1 aromatic heterocycles. The molecule has 0 N–H and O–H groups in total. The summed E-state index contributed by atoms with van der Waals surface area (Å²) < 4.78 is 6.29. The SMILES string of the molecule is c1ccc(N(c2ccccc2)c2ccc(N(c3ccc(-c4ccc5oc6cccc7ccc4c5c76)cc3)c3ccc(N(c4ccccc4)c4ccccc4)cc3)cc2)cc1. The van der Waals surface area contributed by atoms with E-state index in [0.717, 1.165) is 67.9 Å². The Labute approximate surface area is 349 Å². The number of furan rings is 1. The molecule has 60 heavy (non-hydrogen) atoms. The highest BCUT2D eigenvalue weighted by atomic mass is 16.3. The summed E-state index contributed by atoms with van der Waals surface area (Å²) in [6.07, 6.45) is 0. The number of hydrogen-bond acceptors (Lipinski definition) is 4. The molecule has 0 unspecified atom stereocenters. The van der Waals surface area contributed by atoms with Crippen LogP contribution < -0.4 is 14.7 Å². The zero-order chi connectivity index (χ0) is 39.8. The molecular formula is C56H39N3O. The smallest absolute Gasteiger partial charge is 0.136 e. The van der Waals surface area contributed by atoms with Gasteiger partial charge in [0.2, 0.25) is 0 Å². The van der Waals surface area contributed by atoms with E-state index in [1.165, 1.54) is 27.1 Å². The molecule has 0 atom stereocenters. The highest BCUT2D eigenvalue weighted by Crippen LogP contribution is 2.44. The Balaban J connectivity index is 1.01. The van der Waals surface area contributed by atoms with Crippen LogP contribution in [0.1, 0.15) is 0 Å². The Morgan fingerprint density at radius 2 is 0.617 bits per heavy atom. The van der Waals surface area contributed by atoms with Crippen LogP contribution >= 0.6 is 0 Å². The van der Waals surface area contributed by atoms with Crippen LogP contribution in [0.4, 0.5) is 51.2 Å². The van der Waals surface area contributed by atoms with Crippen molar-refractivity contribution in [1.82, 2.24) is 0 Å². The van der Waals surface area contributed by atoms with Gasteiger partial charge in [0, 0.05) is 62.0 Å². The van der Waals surface area contributed by atoms with Crippen molar-refractivity contribution in [2.75, 3.05) is 14.7 Å². The number of benzene rings is 10. The van der Waals surface area contributed by atoms with Crippen molar-refractivity contribution < 1.29 is 4.42 Å². The summed E-state index contributed by atoms with van der Waals surface area (Å²) in [6.45, 7) is 0. The van der Waals surface area contributed by atoms with Gasteiger partial charge in [-0.1, -0.05) is 115 Å². The van der Waals surface area contributed by atoms with Gasteiger partial charge in [-0.05, 0) is 143 Å². The number of nitrogens with zero attached hydrogens (tertiary/aromatic N) is 3. The maximum atomic E-state index is 6.29. The molecule has 284 valence electrons. The highest BCUT2D eigenvalue weighted by Gasteiger charge is 2.20. The van der Waals surface area contributed by atoms with Crippen LogP contribution in [-0.4, -0.2) is 0 Å². The molecule has 0 bridgehead atoms. The average Bonchev–Trinajstić information content (AvgIpc) is 3.71. The fourth-order valence-electron chi connectivity index (χ4n) is 8.64. The zero-order valence-electron chi connectivity index (χ0n) is 32.8. The van der Waals surface area contributed by atoms with Gasteiger partial charge in [-0.25, -0.2) is 0 Å². The molecule has 0 aliphatic carbocycles. The standard InChI is InChI=1S/C56H39N3O/c1-5-15-42(16-6-1)57(43-17-7-2-8-18-43)47-29-33-49(34-30-47)59(50-35-31-48(32-36-50)58(44-19-9-3-10-20-44)45-21-11-4-12-22-45)46-27-24-40(25-28-46)51-38-39-54-56-52(51)37-26-41-14-13-23-53(60-54)55(41)56/h1-39H. The predicted octanol–water partition coefficient (Wildman–Crippen LogP) is 16.3. The lowest BCUT2D eigenvalue weighted by Crippen LogP contribution is -2.13. The van der Waals surface area contributed by atoms with Gasteiger partial charge in [0.15, 0.2) is 0 Å². The number of para-hydroxylation sites is 4. The first-order valence-corrected chi connectivity index (χ1v) is 20.3. The van der Waals surface area contributed by atoms with Crippen LogP contribution in [0.2, 0.25) is 0 Å². The van der Waals surface area contributed by atoms with E-state index >= 15 is 0 Å². The molecule has 0 saturated heterocycles. The summed E-state index contributed by atoms with van der Waals surface area (Å²) in [6, 6.07) is 83.9. The number of rotatable bonds is 10. The third-order valence-electron chi connectivity index (χ3n) is 11.4. The van der Waals surface area contributed by atoms with Gasteiger partial charge in [-0.15, -0.1) is 0 Å². The van der Waals surface area contributed by atoms with Gasteiger partial charge in [0.05, 0.1) is 0 Å². The second-order valence-electron chi connectivity index (χ2n) is 15.0. The van der Waals surface area contributed by atoms with Crippen LogP contribution in [0, 0.1) is 0 Å². The van der Waals surface area contributed by atoms with Gasteiger partial charge in [-0.3, -0.25) is 0 Å². The molecule has 11 aromatic rings. The van der Waals surface area contributed by atoms with E-state index in [2.05, 4.69) is 251 Å². The van der Waals surface area contributed by atoms with Crippen molar-refractivity contribution in [3.8, 4) is 11.1 Å². The third-order valence-corrected chi connectivity index (χ3v) is 11.4. The molecule has 0 spiro atoms. The molecule has 0 radical (unpaired) electrons. The van der Waals surface area contributed by atoms with Gasteiger partial charge in [0.1, 0.15) is 11.2 Å².